The summed E-state index contributed by atoms with van der Waals surface area (Å²) in [5.74, 6) is -1.03. The first-order chi connectivity index (χ1) is 15.9. The Morgan fingerprint density at radius 3 is 2.76 bits per heavy atom. The van der Waals surface area contributed by atoms with Gasteiger partial charge in [0.25, 0.3) is 0 Å². The number of amides is 2. The van der Waals surface area contributed by atoms with E-state index in [9.17, 15) is 14.4 Å². The van der Waals surface area contributed by atoms with Crippen molar-refractivity contribution in [2.45, 2.75) is 26.2 Å². The molecule has 1 aliphatic rings. The topological polar surface area (TPSA) is 91.5 Å². The number of benzene rings is 2. The van der Waals surface area contributed by atoms with Gasteiger partial charge in [0.2, 0.25) is 11.8 Å². The minimum Gasteiger partial charge on any atom is -0.462 e. The highest BCUT2D eigenvalue weighted by Gasteiger charge is 2.34. The second-order valence-electron chi connectivity index (χ2n) is 8.20. The zero-order valence-corrected chi connectivity index (χ0v) is 19.2. The van der Waals surface area contributed by atoms with Crippen LogP contribution in [0.3, 0.4) is 0 Å². The minimum absolute atomic E-state index is 0.0259. The monoisotopic (exact) mass is 467 g/mol. The summed E-state index contributed by atoms with van der Waals surface area (Å²) >= 11 is 6.12. The molecule has 2 aromatic carbocycles. The Kier molecular flexibility index (Phi) is 6.99. The molecule has 0 saturated carbocycles. The summed E-state index contributed by atoms with van der Waals surface area (Å²) in [5, 5.41) is 4.56. The zero-order chi connectivity index (χ0) is 23.4. The largest absolute Gasteiger partial charge is 0.462 e. The van der Waals surface area contributed by atoms with Gasteiger partial charge in [-0.15, -0.1) is 0 Å². The number of nitrogens with zero attached hydrogens (tertiary/aromatic N) is 1. The molecular weight excluding hydrogens is 442 g/mol. The minimum atomic E-state index is -0.413. The van der Waals surface area contributed by atoms with Crippen molar-refractivity contribution in [3.63, 3.8) is 0 Å². The molecule has 1 fully saturated rings. The van der Waals surface area contributed by atoms with E-state index in [1.54, 1.807) is 29.2 Å². The Bertz CT molecular complexity index is 1170. The van der Waals surface area contributed by atoms with Crippen LogP contribution in [0.5, 0.6) is 0 Å². The maximum atomic E-state index is 12.7. The van der Waals surface area contributed by atoms with Gasteiger partial charge in [-0.25, -0.2) is 4.79 Å². The first-order valence-corrected chi connectivity index (χ1v) is 11.4. The molecule has 0 radical (unpaired) electrons. The highest BCUT2D eigenvalue weighted by molar-refractivity contribution is 6.31. The molecule has 7 nitrogen and oxygen atoms in total. The molecule has 1 aromatic heterocycles. The quantitative estimate of drug-likeness (QED) is 0.480. The summed E-state index contributed by atoms with van der Waals surface area (Å²) < 4.78 is 5.10. The molecule has 2 N–H and O–H groups in total. The SMILES string of the molecule is CCCOC(=O)c1ccc(NC(=O)C2CC(=O)N(CCc3c[nH]c4ccc(Cl)cc34)C2)cc1. The molecular formula is C25H26ClN3O4. The Balaban J connectivity index is 1.31. The first kappa shape index (κ1) is 22.9. The third-order valence-corrected chi connectivity index (χ3v) is 6.03. The average molecular weight is 468 g/mol. The predicted octanol–water partition coefficient (Wildman–Crippen LogP) is 4.42. The number of ether oxygens (including phenoxy) is 1. The normalized spacial score (nSPS) is 15.8. The van der Waals surface area contributed by atoms with E-state index >= 15 is 0 Å². The van der Waals surface area contributed by atoms with Gasteiger partial charge in [0.1, 0.15) is 0 Å². The van der Waals surface area contributed by atoms with Gasteiger partial charge in [0.15, 0.2) is 0 Å². The van der Waals surface area contributed by atoms with Crippen molar-refractivity contribution in [3.05, 3.63) is 64.8 Å². The van der Waals surface area contributed by atoms with Crippen LogP contribution in [0.1, 0.15) is 35.7 Å². The lowest BCUT2D eigenvalue weighted by Crippen LogP contribution is -2.30. The van der Waals surface area contributed by atoms with E-state index in [-0.39, 0.29) is 24.2 Å². The Morgan fingerprint density at radius 1 is 1.21 bits per heavy atom. The Labute approximate surface area is 197 Å². The number of rotatable bonds is 8. The molecule has 0 spiro atoms. The van der Waals surface area contributed by atoms with E-state index in [0.29, 0.717) is 42.4 Å². The molecule has 4 rings (SSSR count). The third-order valence-electron chi connectivity index (χ3n) is 5.79. The third kappa shape index (κ3) is 5.37. The summed E-state index contributed by atoms with van der Waals surface area (Å²) in [7, 11) is 0. The van der Waals surface area contributed by atoms with E-state index < -0.39 is 5.92 Å². The molecule has 3 aromatic rings. The maximum absolute atomic E-state index is 12.7. The van der Waals surface area contributed by atoms with E-state index in [0.717, 1.165) is 22.9 Å². The highest BCUT2D eigenvalue weighted by atomic mass is 35.5. The van der Waals surface area contributed by atoms with Gasteiger partial charge in [-0.3, -0.25) is 9.59 Å². The second kappa shape index (κ2) is 10.1. The molecule has 2 heterocycles. The molecule has 1 saturated heterocycles. The molecule has 1 aliphatic heterocycles. The molecule has 0 bridgehead atoms. The molecule has 8 heteroatoms. The summed E-state index contributed by atoms with van der Waals surface area (Å²) in [5.41, 5.74) is 3.10. The van der Waals surface area contributed by atoms with Crippen molar-refractivity contribution in [1.82, 2.24) is 9.88 Å². The summed E-state index contributed by atoms with van der Waals surface area (Å²) in [6.07, 6.45) is 3.56. The van der Waals surface area contributed by atoms with E-state index in [1.807, 2.05) is 31.3 Å². The molecule has 0 aliphatic carbocycles. The smallest absolute Gasteiger partial charge is 0.338 e. The van der Waals surface area contributed by atoms with Crippen LogP contribution in [0.2, 0.25) is 5.02 Å². The van der Waals surface area contributed by atoms with E-state index in [2.05, 4.69) is 10.3 Å². The number of aromatic nitrogens is 1. The number of aromatic amines is 1. The van der Waals surface area contributed by atoms with Crippen molar-refractivity contribution >= 4 is 46.0 Å². The van der Waals surface area contributed by atoms with Crippen molar-refractivity contribution in [2.75, 3.05) is 25.0 Å². The van der Waals surface area contributed by atoms with Gasteiger partial charge in [0, 0.05) is 47.3 Å². The first-order valence-electron chi connectivity index (χ1n) is 11.1. The molecule has 2 amide bonds. The fourth-order valence-corrected chi connectivity index (χ4v) is 4.16. The number of hydrogen-bond donors (Lipinski definition) is 2. The fourth-order valence-electron chi connectivity index (χ4n) is 3.99. The molecule has 1 atom stereocenters. The number of H-pyrrole nitrogens is 1. The molecule has 1 unspecified atom stereocenters. The van der Waals surface area contributed by atoms with E-state index in [1.165, 1.54) is 0 Å². The lowest BCUT2D eigenvalue weighted by molar-refractivity contribution is -0.128. The molecule has 172 valence electrons. The zero-order valence-electron chi connectivity index (χ0n) is 18.4. The number of anilines is 1. The van der Waals surface area contributed by atoms with Crippen LogP contribution in [0.25, 0.3) is 10.9 Å². The Hall–Kier alpha value is -3.32. The fraction of sp³-hybridized carbons (Fsp3) is 0.320. The van der Waals surface area contributed by atoms with Gasteiger partial charge in [-0.1, -0.05) is 18.5 Å². The number of fused-ring (bicyclic) bond motifs is 1. The van der Waals surface area contributed by atoms with Gasteiger partial charge in [-0.05, 0) is 60.9 Å². The van der Waals surface area contributed by atoms with Gasteiger partial charge in [0.05, 0.1) is 18.1 Å². The lowest BCUT2D eigenvalue weighted by Gasteiger charge is -2.16. The van der Waals surface area contributed by atoms with Crippen LogP contribution in [-0.4, -0.2) is 47.4 Å². The van der Waals surface area contributed by atoms with Crippen molar-refractivity contribution in [1.29, 1.82) is 0 Å². The van der Waals surface area contributed by atoms with Crippen LogP contribution in [0, 0.1) is 5.92 Å². The maximum Gasteiger partial charge on any atom is 0.338 e. The summed E-state index contributed by atoms with van der Waals surface area (Å²) in [6.45, 7) is 3.22. The van der Waals surface area contributed by atoms with Crippen LogP contribution >= 0.6 is 11.6 Å². The summed E-state index contributed by atoms with van der Waals surface area (Å²) in [6, 6.07) is 12.3. The number of nitrogens with one attached hydrogen (secondary N) is 2. The predicted molar refractivity (Wildman–Crippen MR) is 127 cm³/mol. The van der Waals surface area contributed by atoms with Gasteiger partial charge >= 0.3 is 5.97 Å². The van der Waals surface area contributed by atoms with Crippen LogP contribution in [0.15, 0.2) is 48.7 Å². The van der Waals surface area contributed by atoms with Gasteiger partial charge in [-0.2, -0.15) is 0 Å². The van der Waals surface area contributed by atoms with Gasteiger partial charge < -0.3 is 19.9 Å². The standard InChI is InChI=1S/C25H26ClN3O4/c1-2-11-33-25(32)16-3-6-20(7-4-16)28-24(31)18-12-23(30)29(15-18)10-9-17-14-27-22-8-5-19(26)13-21(17)22/h3-8,13-14,18,27H,2,9-12,15H2,1H3,(H,28,31). The molecule has 33 heavy (non-hydrogen) atoms. The van der Waals surface area contributed by atoms with Crippen LogP contribution < -0.4 is 5.32 Å². The number of carbonyl (C=O) groups excluding carboxylic acids is 3. The number of esters is 1. The van der Waals surface area contributed by atoms with Crippen LogP contribution in [0.4, 0.5) is 5.69 Å². The van der Waals surface area contributed by atoms with Crippen molar-refractivity contribution < 1.29 is 19.1 Å². The lowest BCUT2D eigenvalue weighted by atomic mass is 10.1. The van der Waals surface area contributed by atoms with Crippen molar-refractivity contribution in [3.8, 4) is 0 Å². The average Bonchev–Trinajstić information content (AvgIpc) is 3.39. The van der Waals surface area contributed by atoms with Crippen molar-refractivity contribution in [2.24, 2.45) is 5.92 Å². The van der Waals surface area contributed by atoms with E-state index in [4.69, 9.17) is 16.3 Å². The number of halogens is 1. The number of likely N-dealkylation sites (tertiary alicyclic amines) is 1. The summed E-state index contributed by atoms with van der Waals surface area (Å²) in [4.78, 5) is 42.1. The Morgan fingerprint density at radius 2 is 2.00 bits per heavy atom. The van der Waals surface area contributed by atoms with Crippen LogP contribution in [-0.2, 0) is 20.7 Å². The number of carbonyl (C=O) groups is 3. The second-order valence-corrected chi connectivity index (χ2v) is 8.63. The number of hydrogen-bond acceptors (Lipinski definition) is 4. The highest BCUT2D eigenvalue weighted by Crippen LogP contribution is 2.25.